The Bertz CT molecular complexity index is 1330. The maximum Gasteiger partial charge on any atom is 0.294 e. The fraction of sp³-hybridized carbons (Fsp3) is 0.250. The van der Waals surface area contributed by atoms with Crippen LogP contribution in [0.3, 0.4) is 0 Å². The van der Waals surface area contributed by atoms with Crippen LogP contribution >= 0.6 is 11.3 Å². The van der Waals surface area contributed by atoms with Crippen molar-refractivity contribution in [2.45, 2.75) is 38.6 Å². The molecule has 6 heteroatoms. The van der Waals surface area contributed by atoms with Gasteiger partial charge in [0.15, 0.2) is 4.80 Å². The molecule has 0 radical (unpaired) electrons. The third-order valence-corrected chi connectivity index (χ3v) is 7.41. The number of hydrogen-bond donors (Lipinski definition) is 0. The van der Waals surface area contributed by atoms with Gasteiger partial charge in [-0.05, 0) is 41.5 Å². The maximum atomic E-state index is 11.5. The summed E-state index contributed by atoms with van der Waals surface area (Å²) in [4.78, 5) is 16.8. The summed E-state index contributed by atoms with van der Waals surface area (Å²) in [5.41, 5.74) is 5.07. The summed E-state index contributed by atoms with van der Waals surface area (Å²) >= 11 is 1.55. The molecule has 0 N–H and O–H groups in total. The predicted molar refractivity (Wildman–Crippen MR) is 138 cm³/mol. The van der Waals surface area contributed by atoms with E-state index >= 15 is 0 Å². The number of nitro benzene ring substituents is 1. The van der Waals surface area contributed by atoms with Gasteiger partial charge in [-0.15, -0.1) is 11.3 Å². The SMILES string of the molecule is O=[N+]([O-])c1ccccc1N=c1scc(-c2ccc(-c3ccccc3)cc2)n1CC1CCCCC1. The van der Waals surface area contributed by atoms with Crippen molar-refractivity contribution in [2.24, 2.45) is 10.9 Å². The molecule has 1 fully saturated rings. The van der Waals surface area contributed by atoms with Crippen LogP contribution in [0.4, 0.5) is 11.4 Å². The molecule has 0 atom stereocenters. The zero-order chi connectivity index (χ0) is 23.3. The Morgan fingerprint density at radius 3 is 2.24 bits per heavy atom. The quantitative estimate of drug-likeness (QED) is 0.215. The van der Waals surface area contributed by atoms with E-state index in [0.29, 0.717) is 11.6 Å². The van der Waals surface area contributed by atoms with Gasteiger partial charge in [-0.2, -0.15) is 0 Å². The third kappa shape index (κ3) is 4.87. The number of nitro groups is 1. The second-order valence-corrected chi connectivity index (χ2v) is 9.66. The minimum atomic E-state index is -0.360. The average molecular weight is 470 g/mol. The highest BCUT2D eigenvalue weighted by molar-refractivity contribution is 7.07. The number of aromatic nitrogens is 1. The number of benzene rings is 3. The molecule has 0 bridgehead atoms. The Balaban J connectivity index is 1.56. The zero-order valence-electron chi connectivity index (χ0n) is 19.0. The number of rotatable bonds is 6. The molecular weight excluding hydrogens is 442 g/mol. The molecule has 0 aliphatic heterocycles. The van der Waals surface area contributed by atoms with Crippen molar-refractivity contribution in [3.05, 3.63) is 99.2 Å². The van der Waals surface area contributed by atoms with E-state index in [9.17, 15) is 10.1 Å². The highest BCUT2D eigenvalue weighted by atomic mass is 32.1. The van der Waals surface area contributed by atoms with E-state index in [1.807, 2.05) is 6.07 Å². The first-order valence-corrected chi connectivity index (χ1v) is 12.7. The number of para-hydroxylation sites is 2. The molecule has 1 saturated carbocycles. The molecular formula is C28H27N3O2S. The summed E-state index contributed by atoms with van der Waals surface area (Å²) in [6, 6.07) is 25.7. The number of nitrogens with zero attached hydrogens (tertiary/aromatic N) is 3. The Labute approximate surface area is 203 Å². The van der Waals surface area contributed by atoms with E-state index < -0.39 is 0 Å². The van der Waals surface area contributed by atoms with E-state index in [4.69, 9.17) is 4.99 Å². The van der Waals surface area contributed by atoms with Gasteiger partial charge in [0, 0.05) is 18.0 Å². The van der Waals surface area contributed by atoms with Crippen LogP contribution in [0, 0.1) is 16.0 Å². The Morgan fingerprint density at radius 1 is 0.853 bits per heavy atom. The molecule has 34 heavy (non-hydrogen) atoms. The Hall–Kier alpha value is -3.51. The monoisotopic (exact) mass is 469 g/mol. The summed E-state index contributed by atoms with van der Waals surface area (Å²) in [6.45, 7) is 0.888. The first-order valence-electron chi connectivity index (χ1n) is 11.8. The van der Waals surface area contributed by atoms with Crippen LogP contribution in [-0.4, -0.2) is 9.49 Å². The van der Waals surface area contributed by atoms with Crippen LogP contribution < -0.4 is 4.80 Å². The van der Waals surface area contributed by atoms with Gasteiger partial charge in [0.1, 0.15) is 5.69 Å². The third-order valence-electron chi connectivity index (χ3n) is 6.55. The van der Waals surface area contributed by atoms with Gasteiger partial charge < -0.3 is 4.57 Å². The van der Waals surface area contributed by atoms with Gasteiger partial charge in [-0.25, -0.2) is 4.99 Å². The van der Waals surface area contributed by atoms with Gasteiger partial charge in [0.25, 0.3) is 5.69 Å². The van der Waals surface area contributed by atoms with Crippen LogP contribution in [0.25, 0.3) is 22.4 Å². The fourth-order valence-electron chi connectivity index (χ4n) is 4.73. The Kier molecular flexibility index (Phi) is 6.67. The maximum absolute atomic E-state index is 11.5. The minimum absolute atomic E-state index is 0.0360. The molecule has 0 unspecified atom stereocenters. The lowest BCUT2D eigenvalue weighted by atomic mass is 9.89. The largest absolute Gasteiger partial charge is 0.316 e. The van der Waals surface area contributed by atoms with Crippen LogP contribution in [0.1, 0.15) is 32.1 Å². The summed E-state index contributed by atoms with van der Waals surface area (Å²) in [5, 5.41) is 13.7. The minimum Gasteiger partial charge on any atom is -0.316 e. The predicted octanol–water partition coefficient (Wildman–Crippen LogP) is 7.60. The van der Waals surface area contributed by atoms with Gasteiger partial charge in [0.2, 0.25) is 0 Å². The van der Waals surface area contributed by atoms with E-state index in [1.54, 1.807) is 29.5 Å². The summed E-state index contributed by atoms with van der Waals surface area (Å²) in [7, 11) is 0. The smallest absolute Gasteiger partial charge is 0.294 e. The standard InChI is InChI=1S/C28H27N3O2S/c32-31(33)26-14-8-7-13-25(26)29-28-30(19-21-9-3-1-4-10-21)27(20-34-28)24-17-15-23(16-18-24)22-11-5-2-6-12-22/h2,5-8,11-18,20-21H,1,3-4,9-10,19H2. The van der Waals surface area contributed by atoms with E-state index in [-0.39, 0.29) is 10.6 Å². The first-order chi connectivity index (χ1) is 16.7. The number of thiazole rings is 1. The van der Waals surface area contributed by atoms with Crippen molar-refractivity contribution in [1.29, 1.82) is 0 Å². The molecule has 0 amide bonds. The van der Waals surface area contributed by atoms with E-state index in [0.717, 1.165) is 22.6 Å². The molecule has 0 spiro atoms. The summed E-state index contributed by atoms with van der Waals surface area (Å²) in [5.74, 6) is 0.607. The second-order valence-electron chi connectivity index (χ2n) is 8.82. The van der Waals surface area contributed by atoms with Crippen molar-refractivity contribution >= 4 is 22.7 Å². The number of hydrogen-bond acceptors (Lipinski definition) is 4. The van der Waals surface area contributed by atoms with Crippen molar-refractivity contribution < 1.29 is 4.92 Å². The van der Waals surface area contributed by atoms with E-state index in [2.05, 4.69) is 58.5 Å². The Morgan fingerprint density at radius 2 is 1.50 bits per heavy atom. The molecule has 3 aromatic carbocycles. The highest BCUT2D eigenvalue weighted by Crippen LogP contribution is 2.30. The molecule has 5 rings (SSSR count). The molecule has 1 aliphatic rings. The highest BCUT2D eigenvalue weighted by Gasteiger charge is 2.18. The zero-order valence-corrected chi connectivity index (χ0v) is 19.8. The van der Waals surface area contributed by atoms with Gasteiger partial charge >= 0.3 is 0 Å². The van der Waals surface area contributed by atoms with Crippen LogP contribution in [-0.2, 0) is 6.54 Å². The normalized spacial score (nSPS) is 14.9. The van der Waals surface area contributed by atoms with Crippen molar-refractivity contribution in [3.8, 4) is 22.4 Å². The van der Waals surface area contributed by atoms with Crippen molar-refractivity contribution in [1.82, 2.24) is 4.57 Å². The van der Waals surface area contributed by atoms with Crippen molar-refractivity contribution in [3.63, 3.8) is 0 Å². The van der Waals surface area contributed by atoms with Crippen LogP contribution in [0.2, 0.25) is 0 Å². The molecule has 1 heterocycles. The lowest BCUT2D eigenvalue weighted by Crippen LogP contribution is -2.22. The first kappa shape index (κ1) is 22.3. The average Bonchev–Trinajstić information content (AvgIpc) is 3.27. The lowest BCUT2D eigenvalue weighted by Gasteiger charge is -2.23. The molecule has 172 valence electrons. The molecule has 1 aliphatic carbocycles. The summed E-state index contributed by atoms with van der Waals surface area (Å²) in [6.07, 6.45) is 6.30. The van der Waals surface area contributed by atoms with Gasteiger partial charge in [0.05, 0.1) is 10.6 Å². The van der Waals surface area contributed by atoms with Gasteiger partial charge in [-0.3, -0.25) is 10.1 Å². The summed E-state index contributed by atoms with van der Waals surface area (Å²) < 4.78 is 2.27. The van der Waals surface area contributed by atoms with Crippen LogP contribution in [0.15, 0.2) is 89.2 Å². The lowest BCUT2D eigenvalue weighted by molar-refractivity contribution is -0.384. The van der Waals surface area contributed by atoms with E-state index in [1.165, 1.54) is 49.3 Å². The second kappa shape index (κ2) is 10.2. The molecule has 0 saturated heterocycles. The fourth-order valence-corrected chi connectivity index (χ4v) is 5.67. The van der Waals surface area contributed by atoms with Gasteiger partial charge in [-0.1, -0.05) is 86.0 Å². The molecule has 1 aromatic heterocycles. The van der Waals surface area contributed by atoms with Crippen LogP contribution in [0.5, 0.6) is 0 Å². The van der Waals surface area contributed by atoms with Crippen molar-refractivity contribution in [2.75, 3.05) is 0 Å². The molecule has 4 aromatic rings. The topological polar surface area (TPSA) is 60.4 Å². The molecule has 5 nitrogen and oxygen atoms in total.